The van der Waals surface area contributed by atoms with Crippen molar-refractivity contribution in [3.05, 3.63) is 10.4 Å². The zero-order chi connectivity index (χ0) is 9.35. The Labute approximate surface area is 83.3 Å². The predicted octanol–water partition coefficient (Wildman–Crippen LogP) is 2.34. The van der Waals surface area contributed by atoms with E-state index in [0.717, 1.165) is 11.3 Å². The van der Waals surface area contributed by atoms with Crippen LogP contribution < -0.4 is 4.74 Å². The second-order valence-corrected chi connectivity index (χ2v) is 6.29. The quantitative estimate of drug-likeness (QED) is 0.753. The molecule has 0 N–H and O–H groups in total. The molecule has 0 saturated heterocycles. The van der Waals surface area contributed by atoms with Gasteiger partial charge in [0.1, 0.15) is 0 Å². The summed E-state index contributed by atoms with van der Waals surface area (Å²) in [6.45, 7) is 0. The molecule has 12 heavy (non-hydrogen) atoms. The van der Waals surface area contributed by atoms with Crippen molar-refractivity contribution in [3.8, 4) is 5.75 Å². The van der Waals surface area contributed by atoms with E-state index in [1.54, 1.807) is 0 Å². The molecule has 0 aliphatic heterocycles. The summed E-state index contributed by atoms with van der Waals surface area (Å²) in [4.78, 5) is 0. The molecule has 1 heterocycles. The third-order valence-electron chi connectivity index (χ3n) is 1.08. The number of rotatable bonds is 2. The van der Waals surface area contributed by atoms with Gasteiger partial charge in [0.25, 0.3) is 9.05 Å². The zero-order valence-electron chi connectivity index (χ0n) is 5.87. The molecule has 0 atom stereocenters. The Morgan fingerprint density at radius 3 is 2.50 bits per heavy atom. The molecule has 3 nitrogen and oxygen atoms in total. The minimum absolute atomic E-state index is 0.0586. The van der Waals surface area contributed by atoms with Crippen LogP contribution in [0, 0.1) is 0 Å². The van der Waals surface area contributed by atoms with Crippen LogP contribution in [0.4, 0.5) is 0 Å². The lowest BCUT2D eigenvalue weighted by Crippen LogP contribution is -1.90. The highest BCUT2D eigenvalue weighted by molar-refractivity contribution is 8.15. The SMILES string of the molecule is COc1cc(Cl)sc1S(=O)(=O)Cl. The summed E-state index contributed by atoms with van der Waals surface area (Å²) < 4.78 is 26.7. The molecule has 0 aliphatic carbocycles. The molecule has 0 aromatic carbocycles. The normalized spacial score (nSPS) is 11.6. The van der Waals surface area contributed by atoms with Gasteiger partial charge in [-0.3, -0.25) is 0 Å². The first-order valence-corrected chi connectivity index (χ1v) is 6.23. The van der Waals surface area contributed by atoms with E-state index in [0.29, 0.717) is 4.34 Å². The van der Waals surface area contributed by atoms with Crippen LogP contribution in [0.2, 0.25) is 4.34 Å². The fourth-order valence-corrected chi connectivity index (χ4v) is 3.26. The topological polar surface area (TPSA) is 43.4 Å². The molecular weight excluding hydrogens is 243 g/mol. The summed E-state index contributed by atoms with van der Waals surface area (Å²) >= 11 is 6.43. The van der Waals surface area contributed by atoms with Crippen molar-refractivity contribution >= 4 is 42.7 Å². The summed E-state index contributed by atoms with van der Waals surface area (Å²) in [6, 6.07) is 1.40. The smallest absolute Gasteiger partial charge is 0.274 e. The van der Waals surface area contributed by atoms with Gasteiger partial charge in [-0.05, 0) is 0 Å². The van der Waals surface area contributed by atoms with Gasteiger partial charge in [-0.2, -0.15) is 0 Å². The van der Waals surface area contributed by atoms with Gasteiger partial charge in [0.2, 0.25) is 0 Å². The first kappa shape index (κ1) is 10.1. The Hall–Kier alpha value is 0.0300. The second kappa shape index (κ2) is 3.41. The van der Waals surface area contributed by atoms with Crippen molar-refractivity contribution in [3.63, 3.8) is 0 Å². The average Bonchev–Trinajstić information content (AvgIpc) is 2.29. The van der Waals surface area contributed by atoms with Gasteiger partial charge in [-0.1, -0.05) is 11.6 Å². The van der Waals surface area contributed by atoms with Crippen LogP contribution in [0.3, 0.4) is 0 Å². The highest BCUT2D eigenvalue weighted by Gasteiger charge is 2.20. The molecule has 1 aromatic heterocycles. The van der Waals surface area contributed by atoms with E-state index in [1.807, 2.05) is 0 Å². The van der Waals surface area contributed by atoms with E-state index in [-0.39, 0.29) is 9.96 Å². The van der Waals surface area contributed by atoms with Crippen LogP contribution in [-0.2, 0) is 9.05 Å². The summed E-state index contributed by atoms with van der Waals surface area (Å²) in [5.74, 6) is 0.181. The molecule has 7 heteroatoms. The molecule has 0 bridgehead atoms. The Bertz CT molecular complexity index is 381. The maximum Gasteiger partial charge on any atom is 0.274 e. The first-order valence-electron chi connectivity index (χ1n) is 2.73. The van der Waals surface area contributed by atoms with Gasteiger partial charge in [0.05, 0.1) is 11.4 Å². The van der Waals surface area contributed by atoms with E-state index in [9.17, 15) is 8.42 Å². The number of ether oxygens (including phenoxy) is 1. The zero-order valence-corrected chi connectivity index (χ0v) is 9.02. The van der Waals surface area contributed by atoms with Crippen molar-refractivity contribution < 1.29 is 13.2 Å². The minimum Gasteiger partial charge on any atom is -0.494 e. The van der Waals surface area contributed by atoms with E-state index >= 15 is 0 Å². The Morgan fingerprint density at radius 1 is 1.58 bits per heavy atom. The molecule has 0 spiro atoms. The van der Waals surface area contributed by atoms with Crippen LogP contribution in [0.5, 0.6) is 5.75 Å². The number of methoxy groups -OCH3 is 1. The molecule has 0 fully saturated rings. The van der Waals surface area contributed by atoms with Crippen LogP contribution in [-0.4, -0.2) is 15.5 Å². The predicted molar refractivity (Wildman–Crippen MR) is 48.9 cm³/mol. The third-order valence-corrected chi connectivity index (χ3v) is 4.41. The minimum atomic E-state index is -3.74. The number of hydrogen-bond acceptors (Lipinski definition) is 4. The van der Waals surface area contributed by atoms with Crippen LogP contribution in [0.25, 0.3) is 0 Å². The first-order chi connectivity index (χ1) is 5.45. The Morgan fingerprint density at radius 2 is 2.17 bits per heavy atom. The van der Waals surface area contributed by atoms with Crippen molar-refractivity contribution in [2.45, 2.75) is 4.21 Å². The highest BCUT2D eigenvalue weighted by atomic mass is 35.7. The van der Waals surface area contributed by atoms with E-state index < -0.39 is 9.05 Å². The van der Waals surface area contributed by atoms with Gasteiger partial charge in [0, 0.05) is 16.7 Å². The van der Waals surface area contributed by atoms with Crippen LogP contribution >= 0.6 is 33.6 Å². The monoisotopic (exact) mass is 246 g/mol. The lowest BCUT2D eigenvalue weighted by atomic mass is 10.6. The Balaban J connectivity index is 3.33. The van der Waals surface area contributed by atoms with Gasteiger partial charge in [0.15, 0.2) is 9.96 Å². The summed E-state index contributed by atoms with van der Waals surface area (Å²) in [6.07, 6.45) is 0. The molecule has 1 aromatic rings. The lowest BCUT2D eigenvalue weighted by molar-refractivity contribution is 0.407. The molecular formula is C5H4Cl2O3S2. The lowest BCUT2D eigenvalue weighted by Gasteiger charge is -1.95. The Kier molecular flexibility index (Phi) is 2.88. The van der Waals surface area contributed by atoms with Crippen LogP contribution in [0.15, 0.2) is 10.3 Å². The van der Waals surface area contributed by atoms with E-state index in [2.05, 4.69) is 0 Å². The second-order valence-electron chi connectivity index (χ2n) is 1.84. The molecule has 0 saturated carbocycles. The van der Waals surface area contributed by atoms with E-state index in [4.69, 9.17) is 27.0 Å². The standard InChI is InChI=1S/C5H4Cl2O3S2/c1-10-3-2-4(6)11-5(3)12(7,8)9/h2H,1H3. The maximum atomic E-state index is 10.9. The van der Waals surface area contributed by atoms with E-state index in [1.165, 1.54) is 13.2 Å². The largest absolute Gasteiger partial charge is 0.494 e. The molecule has 0 radical (unpaired) electrons. The van der Waals surface area contributed by atoms with Crippen molar-refractivity contribution in [1.29, 1.82) is 0 Å². The highest BCUT2D eigenvalue weighted by Crippen LogP contribution is 2.37. The molecule has 0 amide bonds. The average molecular weight is 247 g/mol. The van der Waals surface area contributed by atoms with Gasteiger partial charge in [-0.25, -0.2) is 8.42 Å². The molecule has 1 rings (SSSR count). The molecule has 0 unspecified atom stereocenters. The number of thiophene rings is 1. The van der Waals surface area contributed by atoms with Gasteiger partial charge >= 0.3 is 0 Å². The molecule has 0 aliphatic rings. The summed E-state index contributed by atoms with van der Waals surface area (Å²) in [5.41, 5.74) is 0. The maximum absolute atomic E-state index is 10.9. The van der Waals surface area contributed by atoms with Crippen molar-refractivity contribution in [1.82, 2.24) is 0 Å². The van der Waals surface area contributed by atoms with Gasteiger partial charge < -0.3 is 4.74 Å². The van der Waals surface area contributed by atoms with Crippen molar-refractivity contribution in [2.75, 3.05) is 7.11 Å². The number of halogens is 2. The van der Waals surface area contributed by atoms with Crippen LogP contribution in [0.1, 0.15) is 0 Å². The number of hydrogen-bond donors (Lipinski definition) is 0. The summed E-state index contributed by atoms with van der Waals surface area (Å²) in [5, 5.41) is 0. The third kappa shape index (κ3) is 2.04. The van der Waals surface area contributed by atoms with Gasteiger partial charge in [-0.15, -0.1) is 11.3 Å². The summed E-state index contributed by atoms with van der Waals surface area (Å²) in [7, 11) is 2.71. The molecule has 68 valence electrons. The van der Waals surface area contributed by atoms with Crippen molar-refractivity contribution in [2.24, 2.45) is 0 Å². The fourth-order valence-electron chi connectivity index (χ4n) is 0.642. The fraction of sp³-hybridized carbons (Fsp3) is 0.200.